The Balaban J connectivity index is 4.78. The molecule has 0 aromatic heterocycles. The predicted molar refractivity (Wildman–Crippen MR) is 53.9 cm³/mol. The Hall–Kier alpha value is -0.430. The maximum Gasteiger partial charge on any atom is 0.286 e. The number of aliphatic hydroxyl groups is 1. The van der Waals surface area contributed by atoms with Crippen molar-refractivity contribution >= 4 is 10.1 Å². The highest BCUT2D eigenvalue weighted by Gasteiger charge is 2.40. The van der Waals surface area contributed by atoms with E-state index in [-0.39, 0.29) is 13.2 Å². The molecule has 0 aromatic rings. The van der Waals surface area contributed by atoms with Gasteiger partial charge in [0.2, 0.25) is 0 Å². The lowest BCUT2D eigenvalue weighted by atomic mass is 10.1. The van der Waals surface area contributed by atoms with Crippen LogP contribution >= 0.6 is 0 Å². The second-order valence-electron chi connectivity index (χ2n) is 3.29. The molecule has 2 atom stereocenters. The Morgan fingerprint density at radius 1 is 1.71 bits per heavy atom. The minimum absolute atomic E-state index is 0.118. The molecule has 84 valence electrons. The number of aliphatic hydroxyl groups excluding tert-OH is 1. The minimum Gasteiger partial charge on any atom is -0.396 e. The highest BCUT2D eigenvalue weighted by molar-refractivity contribution is 7.88. The normalized spacial score (nSPS) is 18.6. The largest absolute Gasteiger partial charge is 0.396 e. The molecule has 0 spiro atoms. The lowest BCUT2D eigenvalue weighted by Gasteiger charge is -2.28. The minimum atomic E-state index is -3.89. The SMILES string of the molecule is C=CCOS(=O)(=O)C(C)(N)C(C)CO. The van der Waals surface area contributed by atoms with Crippen molar-refractivity contribution in [2.75, 3.05) is 13.2 Å². The van der Waals surface area contributed by atoms with Crippen molar-refractivity contribution in [1.82, 2.24) is 0 Å². The fourth-order valence-electron chi connectivity index (χ4n) is 0.692. The third-order valence-corrected chi connectivity index (χ3v) is 4.06. The van der Waals surface area contributed by atoms with Gasteiger partial charge in [-0.25, -0.2) is 0 Å². The van der Waals surface area contributed by atoms with Gasteiger partial charge in [0.15, 0.2) is 0 Å². The van der Waals surface area contributed by atoms with Gasteiger partial charge in [-0.2, -0.15) is 8.42 Å². The zero-order valence-corrected chi connectivity index (χ0v) is 9.25. The van der Waals surface area contributed by atoms with Crippen LogP contribution in [-0.2, 0) is 14.3 Å². The zero-order chi connectivity index (χ0) is 11.4. The van der Waals surface area contributed by atoms with Crippen molar-refractivity contribution in [3.63, 3.8) is 0 Å². The van der Waals surface area contributed by atoms with Crippen LogP contribution in [0.3, 0.4) is 0 Å². The average Bonchev–Trinajstić information content (AvgIpc) is 2.13. The summed E-state index contributed by atoms with van der Waals surface area (Å²) in [6, 6.07) is 0. The molecule has 0 aliphatic heterocycles. The van der Waals surface area contributed by atoms with Crippen molar-refractivity contribution in [3.8, 4) is 0 Å². The molecule has 0 saturated carbocycles. The highest BCUT2D eigenvalue weighted by Crippen LogP contribution is 2.21. The standard InChI is InChI=1S/C8H17NO4S/c1-4-5-13-14(11,12)8(3,9)7(2)6-10/h4,7,10H,1,5-6,9H2,2-3H3. The van der Waals surface area contributed by atoms with Crippen molar-refractivity contribution < 1.29 is 17.7 Å². The van der Waals surface area contributed by atoms with Gasteiger partial charge in [-0.1, -0.05) is 13.0 Å². The molecule has 0 bridgehead atoms. The lowest BCUT2D eigenvalue weighted by Crippen LogP contribution is -2.52. The number of rotatable bonds is 6. The summed E-state index contributed by atoms with van der Waals surface area (Å²) in [6.07, 6.45) is 1.32. The summed E-state index contributed by atoms with van der Waals surface area (Å²) in [4.78, 5) is -1.59. The second-order valence-corrected chi connectivity index (χ2v) is 5.32. The maximum absolute atomic E-state index is 11.5. The smallest absolute Gasteiger partial charge is 0.286 e. The Labute approximate surface area is 84.7 Å². The molecule has 3 N–H and O–H groups in total. The molecule has 0 aromatic carbocycles. The van der Waals surface area contributed by atoms with Gasteiger partial charge in [0.1, 0.15) is 4.87 Å². The molecular formula is C8H17NO4S. The summed E-state index contributed by atoms with van der Waals surface area (Å²) in [6.45, 7) is 5.75. The quantitative estimate of drug-likeness (QED) is 0.481. The van der Waals surface area contributed by atoms with Crippen LogP contribution in [0.2, 0.25) is 0 Å². The topological polar surface area (TPSA) is 89.6 Å². The van der Waals surface area contributed by atoms with Gasteiger partial charge < -0.3 is 10.8 Å². The Bertz CT molecular complexity index is 284. The summed E-state index contributed by atoms with van der Waals surface area (Å²) >= 11 is 0. The van der Waals surface area contributed by atoms with Gasteiger partial charge in [0.25, 0.3) is 10.1 Å². The Kier molecular flexibility index (Phi) is 4.73. The molecule has 0 radical (unpaired) electrons. The summed E-state index contributed by atoms with van der Waals surface area (Å²) in [5.41, 5.74) is 5.58. The van der Waals surface area contributed by atoms with E-state index in [1.54, 1.807) is 0 Å². The number of nitrogens with two attached hydrogens (primary N) is 1. The zero-order valence-electron chi connectivity index (χ0n) is 8.43. The van der Waals surface area contributed by atoms with Crippen LogP contribution in [0.1, 0.15) is 13.8 Å². The molecule has 2 unspecified atom stereocenters. The number of hydrogen-bond donors (Lipinski definition) is 2. The van der Waals surface area contributed by atoms with Gasteiger partial charge in [0, 0.05) is 12.5 Å². The summed E-state index contributed by atoms with van der Waals surface area (Å²) in [7, 11) is -3.89. The molecule has 0 aliphatic rings. The van der Waals surface area contributed by atoms with Gasteiger partial charge in [-0.15, -0.1) is 6.58 Å². The molecule has 6 heteroatoms. The molecule has 0 amide bonds. The first-order chi connectivity index (χ1) is 6.29. The van der Waals surface area contributed by atoms with E-state index in [4.69, 9.17) is 10.8 Å². The monoisotopic (exact) mass is 223 g/mol. The number of hydrogen-bond acceptors (Lipinski definition) is 5. The van der Waals surface area contributed by atoms with Crippen LogP contribution < -0.4 is 5.73 Å². The molecular weight excluding hydrogens is 206 g/mol. The van der Waals surface area contributed by atoms with Gasteiger partial charge in [0.05, 0.1) is 6.61 Å². The summed E-state index contributed by atoms with van der Waals surface area (Å²) < 4.78 is 27.6. The van der Waals surface area contributed by atoms with E-state index in [9.17, 15) is 8.42 Å². The fraction of sp³-hybridized carbons (Fsp3) is 0.750. The van der Waals surface area contributed by atoms with E-state index in [0.29, 0.717) is 0 Å². The van der Waals surface area contributed by atoms with E-state index >= 15 is 0 Å². The fourth-order valence-corrected chi connectivity index (χ4v) is 1.79. The van der Waals surface area contributed by atoms with E-state index in [2.05, 4.69) is 10.8 Å². The average molecular weight is 223 g/mol. The van der Waals surface area contributed by atoms with Gasteiger partial charge in [-0.3, -0.25) is 4.18 Å². The molecule has 0 rings (SSSR count). The van der Waals surface area contributed by atoms with Crippen LogP contribution in [-0.4, -0.2) is 31.6 Å². The van der Waals surface area contributed by atoms with E-state index in [1.807, 2.05) is 0 Å². The van der Waals surface area contributed by atoms with E-state index in [1.165, 1.54) is 19.9 Å². The van der Waals surface area contributed by atoms with Crippen LogP contribution in [0.15, 0.2) is 12.7 Å². The predicted octanol–water partition coefficient (Wildman–Crippen LogP) is -0.178. The Morgan fingerprint density at radius 3 is 2.57 bits per heavy atom. The maximum atomic E-state index is 11.5. The first-order valence-corrected chi connectivity index (χ1v) is 5.60. The van der Waals surface area contributed by atoms with Gasteiger partial charge >= 0.3 is 0 Å². The third-order valence-electron chi connectivity index (χ3n) is 2.13. The van der Waals surface area contributed by atoms with Crippen LogP contribution in [0.4, 0.5) is 0 Å². The first-order valence-electron chi connectivity index (χ1n) is 4.19. The van der Waals surface area contributed by atoms with Crippen molar-refractivity contribution in [1.29, 1.82) is 0 Å². The second kappa shape index (κ2) is 4.88. The van der Waals surface area contributed by atoms with E-state index in [0.717, 1.165) is 0 Å². The van der Waals surface area contributed by atoms with E-state index < -0.39 is 20.9 Å². The van der Waals surface area contributed by atoms with Gasteiger partial charge in [-0.05, 0) is 6.92 Å². The molecule has 0 heterocycles. The summed E-state index contributed by atoms with van der Waals surface area (Å²) in [5, 5.41) is 8.84. The molecule has 0 aliphatic carbocycles. The van der Waals surface area contributed by atoms with Crippen LogP contribution in [0.5, 0.6) is 0 Å². The van der Waals surface area contributed by atoms with Crippen LogP contribution in [0.25, 0.3) is 0 Å². The molecule has 5 nitrogen and oxygen atoms in total. The summed E-state index contributed by atoms with van der Waals surface area (Å²) in [5.74, 6) is -0.600. The van der Waals surface area contributed by atoms with Crippen LogP contribution in [0, 0.1) is 5.92 Å². The van der Waals surface area contributed by atoms with Crippen molar-refractivity contribution in [2.24, 2.45) is 11.7 Å². The third kappa shape index (κ3) is 2.78. The molecule has 14 heavy (non-hydrogen) atoms. The molecule has 0 fully saturated rings. The molecule has 0 saturated heterocycles. The van der Waals surface area contributed by atoms with Crippen molar-refractivity contribution in [2.45, 2.75) is 18.7 Å². The first kappa shape index (κ1) is 13.6. The van der Waals surface area contributed by atoms with Crippen molar-refractivity contribution in [3.05, 3.63) is 12.7 Å². The Morgan fingerprint density at radius 2 is 2.21 bits per heavy atom. The lowest BCUT2D eigenvalue weighted by molar-refractivity contribution is 0.197. The highest BCUT2D eigenvalue weighted by atomic mass is 32.2.